The number of amides is 1. The number of carbonyl (C=O) groups excluding carboxylic acids is 1. The maximum Gasteiger partial charge on any atom is 0.254 e. The second-order valence-electron chi connectivity index (χ2n) is 7.71. The lowest BCUT2D eigenvalue weighted by Gasteiger charge is -2.34. The van der Waals surface area contributed by atoms with Crippen molar-refractivity contribution >= 4 is 27.6 Å². The zero-order chi connectivity index (χ0) is 23.3. The molecule has 1 heterocycles. The molecular weight excluding hydrogens is 436 g/mol. The Hall–Kier alpha value is -3.42. The molecule has 1 aliphatic rings. The highest BCUT2D eigenvalue weighted by atomic mass is 32.2. The van der Waals surface area contributed by atoms with E-state index in [1.54, 1.807) is 42.3 Å². The van der Waals surface area contributed by atoms with Gasteiger partial charge in [-0.1, -0.05) is 60.7 Å². The summed E-state index contributed by atoms with van der Waals surface area (Å²) >= 11 is 0. The molecule has 33 heavy (non-hydrogen) atoms. The van der Waals surface area contributed by atoms with Gasteiger partial charge >= 0.3 is 0 Å². The second kappa shape index (κ2) is 10.0. The van der Waals surface area contributed by atoms with Crippen LogP contribution in [0.5, 0.6) is 5.75 Å². The van der Waals surface area contributed by atoms with Gasteiger partial charge in [0.1, 0.15) is 5.75 Å². The molecule has 0 aliphatic carbocycles. The summed E-state index contributed by atoms with van der Waals surface area (Å²) < 4.78 is 32.5. The van der Waals surface area contributed by atoms with Crippen LogP contribution in [-0.4, -0.2) is 56.8 Å². The molecule has 1 amide bonds. The topological polar surface area (TPSA) is 66.9 Å². The van der Waals surface area contributed by atoms with Crippen LogP contribution < -0.4 is 4.74 Å². The van der Waals surface area contributed by atoms with E-state index < -0.39 is 10.0 Å². The first-order chi connectivity index (χ1) is 16.0. The Kier molecular flexibility index (Phi) is 6.91. The van der Waals surface area contributed by atoms with Gasteiger partial charge in [-0.25, -0.2) is 8.42 Å². The maximum atomic E-state index is 13.5. The molecule has 3 aromatic rings. The van der Waals surface area contributed by atoms with Gasteiger partial charge in [-0.3, -0.25) is 4.79 Å². The maximum absolute atomic E-state index is 13.5. The van der Waals surface area contributed by atoms with Crippen LogP contribution in [0.3, 0.4) is 0 Å². The Morgan fingerprint density at radius 1 is 0.818 bits per heavy atom. The Morgan fingerprint density at radius 3 is 1.97 bits per heavy atom. The van der Waals surface area contributed by atoms with Gasteiger partial charge in [0.05, 0.1) is 12.0 Å². The minimum Gasteiger partial charge on any atom is -0.497 e. The lowest BCUT2D eigenvalue weighted by molar-refractivity contribution is -0.126. The summed E-state index contributed by atoms with van der Waals surface area (Å²) in [5, 5.41) is 0. The van der Waals surface area contributed by atoms with Gasteiger partial charge < -0.3 is 9.64 Å². The van der Waals surface area contributed by atoms with Gasteiger partial charge in [-0.2, -0.15) is 4.31 Å². The van der Waals surface area contributed by atoms with Crippen molar-refractivity contribution < 1.29 is 17.9 Å². The van der Waals surface area contributed by atoms with Gasteiger partial charge in [0.2, 0.25) is 10.0 Å². The van der Waals surface area contributed by atoms with Gasteiger partial charge in [0.25, 0.3) is 5.91 Å². The molecule has 0 N–H and O–H groups in total. The first kappa shape index (κ1) is 22.8. The van der Waals surface area contributed by atoms with Crippen molar-refractivity contribution in [1.82, 2.24) is 9.21 Å². The minimum atomic E-state index is -3.57. The second-order valence-corrected chi connectivity index (χ2v) is 9.64. The fourth-order valence-electron chi connectivity index (χ4n) is 3.80. The third-order valence-corrected chi connectivity index (χ3v) is 7.56. The van der Waals surface area contributed by atoms with E-state index >= 15 is 0 Å². The van der Waals surface area contributed by atoms with E-state index in [1.807, 2.05) is 60.7 Å². The lowest BCUT2D eigenvalue weighted by atomic mass is 10.0. The molecule has 3 aromatic carbocycles. The van der Waals surface area contributed by atoms with Crippen molar-refractivity contribution in [2.24, 2.45) is 0 Å². The zero-order valence-corrected chi connectivity index (χ0v) is 19.2. The summed E-state index contributed by atoms with van der Waals surface area (Å²) in [5.74, 6) is 0.629. The monoisotopic (exact) mass is 462 g/mol. The van der Waals surface area contributed by atoms with Gasteiger partial charge in [0.15, 0.2) is 0 Å². The Bertz CT molecular complexity index is 1220. The van der Waals surface area contributed by atoms with Gasteiger partial charge in [0, 0.05) is 31.8 Å². The average molecular weight is 463 g/mol. The fraction of sp³-hybridized carbons (Fsp3) is 0.192. The predicted octanol–water partition coefficient (Wildman–Crippen LogP) is 3.77. The molecule has 6 nitrogen and oxygen atoms in total. The molecule has 0 atom stereocenters. The number of piperazine rings is 1. The summed E-state index contributed by atoms with van der Waals surface area (Å²) in [7, 11) is -1.96. The van der Waals surface area contributed by atoms with E-state index in [9.17, 15) is 13.2 Å². The zero-order valence-electron chi connectivity index (χ0n) is 18.4. The first-order valence-electron chi connectivity index (χ1n) is 10.7. The number of carbonyl (C=O) groups is 1. The van der Waals surface area contributed by atoms with Crippen LogP contribution in [0.2, 0.25) is 0 Å². The number of sulfonamides is 1. The molecule has 0 unspecified atom stereocenters. The molecule has 7 heteroatoms. The average Bonchev–Trinajstić information content (AvgIpc) is 2.88. The molecule has 1 fully saturated rings. The van der Waals surface area contributed by atoms with Crippen molar-refractivity contribution in [1.29, 1.82) is 0 Å². The molecule has 0 aromatic heterocycles. The smallest absolute Gasteiger partial charge is 0.254 e. The van der Waals surface area contributed by atoms with Crippen LogP contribution in [0.1, 0.15) is 11.1 Å². The van der Waals surface area contributed by atoms with Crippen LogP contribution in [0, 0.1) is 0 Å². The Labute approximate surface area is 194 Å². The number of hydrogen-bond acceptors (Lipinski definition) is 4. The summed E-state index contributed by atoms with van der Waals surface area (Å²) in [6.45, 7) is 1.18. The summed E-state index contributed by atoms with van der Waals surface area (Å²) in [4.78, 5) is 15.5. The number of nitrogens with zero attached hydrogens (tertiary/aromatic N) is 2. The fourth-order valence-corrected chi connectivity index (χ4v) is 5.24. The third kappa shape index (κ3) is 5.16. The van der Waals surface area contributed by atoms with E-state index in [0.717, 1.165) is 16.9 Å². The number of ether oxygens (including phenoxy) is 1. The van der Waals surface area contributed by atoms with E-state index in [-0.39, 0.29) is 23.9 Å². The molecule has 1 saturated heterocycles. The molecule has 0 bridgehead atoms. The van der Waals surface area contributed by atoms with Crippen LogP contribution in [-0.2, 0) is 14.8 Å². The van der Waals surface area contributed by atoms with E-state index in [4.69, 9.17) is 4.74 Å². The van der Waals surface area contributed by atoms with Crippen LogP contribution in [0.15, 0.2) is 89.8 Å². The predicted molar refractivity (Wildman–Crippen MR) is 129 cm³/mol. The van der Waals surface area contributed by atoms with Crippen molar-refractivity contribution in [3.05, 3.63) is 96.1 Å². The normalized spacial score (nSPS) is 15.3. The first-order valence-corrected chi connectivity index (χ1v) is 12.2. The largest absolute Gasteiger partial charge is 0.497 e. The molecule has 0 radical (unpaired) electrons. The highest BCUT2D eigenvalue weighted by Crippen LogP contribution is 2.24. The number of hydrogen-bond donors (Lipinski definition) is 0. The molecule has 1 aliphatic heterocycles. The van der Waals surface area contributed by atoms with Crippen molar-refractivity contribution in [2.75, 3.05) is 33.3 Å². The summed E-state index contributed by atoms with van der Waals surface area (Å²) in [5.41, 5.74) is 2.27. The molecule has 0 saturated carbocycles. The lowest BCUT2D eigenvalue weighted by Crippen LogP contribution is -2.50. The third-order valence-electron chi connectivity index (χ3n) is 5.65. The molecule has 4 rings (SSSR count). The Morgan fingerprint density at radius 2 is 1.39 bits per heavy atom. The van der Waals surface area contributed by atoms with Crippen LogP contribution in [0.4, 0.5) is 0 Å². The molecule has 170 valence electrons. The van der Waals surface area contributed by atoms with Crippen molar-refractivity contribution in [3.63, 3.8) is 0 Å². The van der Waals surface area contributed by atoms with Crippen LogP contribution >= 0.6 is 0 Å². The standard InChI is InChI=1S/C26H26N2O4S/c1-32-23-14-12-21(13-15-23)20-25(22-8-4-2-5-9-22)26(29)27-16-18-28(19-17-27)33(30,31)24-10-6-3-7-11-24/h2-15,20H,16-19H2,1H3. The highest BCUT2D eigenvalue weighted by Gasteiger charge is 2.31. The SMILES string of the molecule is COc1ccc(C=C(C(=O)N2CCN(S(=O)(=O)c3ccccc3)CC2)c2ccccc2)cc1. The van der Waals surface area contributed by atoms with Gasteiger partial charge in [-0.05, 0) is 41.5 Å². The van der Waals surface area contributed by atoms with Crippen molar-refractivity contribution in [2.45, 2.75) is 4.90 Å². The van der Waals surface area contributed by atoms with E-state index in [1.165, 1.54) is 4.31 Å². The summed E-state index contributed by atoms with van der Waals surface area (Å²) in [6, 6.07) is 25.4. The molecular formula is C26H26N2O4S. The Balaban J connectivity index is 1.54. The molecule has 0 spiro atoms. The number of methoxy groups -OCH3 is 1. The number of benzene rings is 3. The highest BCUT2D eigenvalue weighted by molar-refractivity contribution is 7.89. The van der Waals surface area contributed by atoms with Crippen molar-refractivity contribution in [3.8, 4) is 5.75 Å². The van der Waals surface area contributed by atoms with Gasteiger partial charge in [-0.15, -0.1) is 0 Å². The van der Waals surface area contributed by atoms with Crippen LogP contribution in [0.25, 0.3) is 11.6 Å². The van der Waals surface area contributed by atoms with E-state index in [2.05, 4.69) is 0 Å². The summed E-state index contributed by atoms with van der Waals surface area (Å²) in [6.07, 6.45) is 1.87. The number of rotatable bonds is 6. The quantitative estimate of drug-likeness (QED) is 0.413. The minimum absolute atomic E-state index is 0.117. The van der Waals surface area contributed by atoms with E-state index in [0.29, 0.717) is 18.7 Å².